The van der Waals surface area contributed by atoms with E-state index in [9.17, 15) is 13.7 Å². The number of halogens is 2. The van der Waals surface area contributed by atoms with Gasteiger partial charge in [-0.15, -0.1) is 0 Å². The van der Waals surface area contributed by atoms with Crippen LogP contribution >= 0.6 is 23.2 Å². The van der Waals surface area contributed by atoms with Crippen molar-refractivity contribution in [3.63, 3.8) is 0 Å². The Morgan fingerprint density at radius 1 is 1.16 bits per heavy atom. The summed E-state index contributed by atoms with van der Waals surface area (Å²) in [6.07, 6.45) is 4.39. The molecule has 0 radical (unpaired) electrons. The maximum atomic E-state index is 12.6. The molecule has 0 fully saturated rings. The molecular formula is C18H13Cl2NO3S. The number of nitrogens with zero attached hydrogens (tertiary/aromatic N) is 1. The van der Waals surface area contributed by atoms with Gasteiger partial charge in [-0.1, -0.05) is 47.5 Å². The van der Waals surface area contributed by atoms with Gasteiger partial charge >= 0.3 is 0 Å². The monoisotopic (exact) mass is 393 g/mol. The summed E-state index contributed by atoms with van der Waals surface area (Å²) in [5.74, 6) is 0.713. The molecule has 0 N–H and O–H groups in total. The zero-order chi connectivity index (χ0) is 18.4. The van der Waals surface area contributed by atoms with Gasteiger partial charge in [-0.25, -0.2) is 8.42 Å². The Morgan fingerprint density at radius 3 is 2.40 bits per heavy atom. The van der Waals surface area contributed by atoms with Crippen molar-refractivity contribution >= 4 is 39.1 Å². The first-order chi connectivity index (χ1) is 11.9. The minimum absolute atomic E-state index is 0.0345. The molecule has 0 aliphatic carbocycles. The first kappa shape index (κ1) is 19.1. The highest BCUT2D eigenvalue weighted by Crippen LogP contribution is 2.29. The van der Waals surface area contributed by atoms with E-state index in [0.29, 0.717) is 10.8 Å². The van der Waals surface area contributed by atoms with Crippen molar-refractivity contribution in [3.05, 3.63) is 75.1 Å². The van der Waals surface area contributed by atoms with Crippen molar-refractivity contribution in [3.8, 4) is 11.8 Å². The minimum atomic E-state index is -4.03. The highest BCUT2D eigenvalue weighted by molar-refractivity contribution is 7.95. The van der Waals surface area contributed by atoms with Gasteiger partial charge in [-0.2, -0.15) is 5.26 Å². The molecule has 2 aromatic rings. The molecule has 4 nitrogen and oxygen atoms in total. The number of nitriles is 1. The Bertz CT molecular complexity index is 972. The fourth-order valence-electron chi connectivity index (χ4n) is 1.96. The zero-order valence-electron chi connectivity index (χ0n) is 13.1. The van der Waals surface area contributed by atoms with Gasteiger partial charge < -0.3 is 4.74 Å². The van der Waals surface area contributed by atoms with Crippen LogP contribution in [-0.2, 0) is 9.84 Å². The molecule has 0 amide bonds. The number of sulfone groups is 1. The fourth-order valence-corrected chi connectivity index (χ4v) is 3.85. The van der Waals surface area contributed by atoms with E-state index in [2.05, 4.69) is 0 Å². The van der Waals surface area contributed by atoms with Gasteiger partial charge in [0, 0.05) is 5.02 Å². The minimum Gasteiger partial charge on any atom is -0.497 e. The third kappa shape index (κ3) is 4.64. The lowest BCUT2D eigenvalue weighted by Gasteiger charge is -2.05. The lowest BCUT2D eigenvalue weighted by Crippen LogP contribution is -2.04. The molecule has 0 saturated carbocycles. The average Bonchev–Trinajstić information content (AvgIpc) is 2.58. The average molecular weight is 394 g/mol. The van der Waals surface area contributed by atoms with Crippen LogP contribution < -0.4 is 4.74 Å². The number of hydrogen-bond acceptors (Lipinski definition) is 4. The van der Waals surface area contributed by atoms with Crippen molar-refractivity contribution in [2.75, 3.05) is 7.11 Å². The van der Waals surface area contributed by atoms with Crippen LogP contribution in [-0.4, -0.2) is 15.5 Å². The summed E-state index contributed by atoms with van der Waals surface area (Å²) >= 11 is 11.7. The van der Waals surface area contributed by atoms with Crippen LogP contribution in [0.1, 0.15) is 5.56 Å². The summed E-state index contributed by atoms with van der Waals surface area (Å²) in [5.41, 5.74) is 0.830. The number of hydrogen-bond donors (Lipinski definition) is 0. The number of benzene rings is 2. The van der Waals surface area contributed by atoms with Crippen molar-refractivity contribution in [2.24, 2.45) is 0 Å². The molecule has 0 spiro atoms. The van der Waals surface area contributed by atoms with E-state index in [0.717, 1.165) is 5.56 Å². The zero-order valence-corrected chi connectivity index (χ0v) is 15.4. The fraction of sp³-hybridized carbons (Fsp3) is 0.0556. The van der Waals surface area contributed by atoms with Gasteiger partial charge in [-0.05, 0) is 42.0 Å². The van der Waals surface area contributed by atoms with E-state index < -0.39 is 14.7 Å². The molecule has 128 valence electrons. The molecule has 0 aliphatic rings. The SMILES string of the molecule is COc1ccc(C=CC=C(C#N)S(=O)(=O)c2ccc(Cl)cc2Cl)cc1. The molecule has 2 aromatic carbocycles. The highest BCUT2D eigenvalue weighted by Gasteiger charge is 2.23. The Morgan fingerprint density at radius 2 is 1.84 bits per heavy atom. The lowest BCUT2D eigenvalue weighted by atomic mass is 10.2. The molecule has 0 aliphatic heterocycles. The van der Waals surface area contributed by atoms with Gasteiger partial charge in [0.05, 0.1) is 17.0 Å². The second-order valence-electron chi connectivity index (χ2n) is 4.85. The van der Waals surface area contributed by atoms with Crippen LogP contribution in [0.2, 0.25) is 10.0 Å². The molecular weight excluding hydrogens is 381 g/mol. The predicted molar refractivity (Wildman–Crippen MR) is 99.4 cm³/mol. The molecule has 2 rings (SSSR count). The Hall–Kier alpha value is -2.26. The van der Waals surface area contributed by atoms with Crippen LogP contribution in [0.3, 0.4) is 0 Å². The normalized spacial score (nSPS) is 12.2. The summed E-state index contributed by atoms with van der Waals surface area (Å²) in [6, 6.07) is 12.9. The van der Waals surface area contributed by atoms with Crippen molar-refractivity contribution in [2.45, 2.75) is 4.90 Å². The van der Waals surface area contributed by atoms with Crippen LogP contribution in [0.25, 0.3) is 6.08 Å². The van der Waals surface area contributed by atoms with Crippen LogP contribution in [0.4, 0.5) is 0 Å². The quantitative estimate of drug-likeness (QED) is 0.535. The molecule has 25 heavy (non-hydrogen) atoms. The summed E-state index contributed by atoms with van der Waals surface area (Å²) in [4.78, 5) is -0.578. The first-order valence-corrected chi connectivity index (χ1v) is 9.25. The van der Waals surface area contributed by atoms with E-state index in [1.807, 2.05) is 0 Å². The molecule has 7 heteroatoms. The second kappa shape index (κ2) is 8.21. The van der Waals surface area contributed by atoms with Gasteiger partial charge in [-0.3, -0.25) is 0 Å². The molecule has 0 aromatic heterocycles. The number of methoxy groups -OCH3 is 1. The van der Waals surface area contributed by atoms with Crippen LogP contribution in [0.15, 0.2) is 64.4 Å². The lowest BCUT2D eigenvalue weighted by molar-refractivity contribution is 0.415. The van der Waals surface area contributed by atoms with E-state index in [1.54, 1.807) is 43.5 Å². The second-order valence-corrected chi connectivity index (χ2v) is 7.58. The first-order valence-electron chi connectivity index (χ1n) is 7.01. The van der Waals surface area contributed by atoms with E-state index in [1.165, 1.54) is 30.4 Å². The molecule has 0 heterocycles. The van der Waals surface area contributed by atoms with Crippen molar-refractivity contribution < 1.29 is 13.2 Å². The molecule has 0 bridgehead atoms. The molecule has 0 atom stereocenters. The van der Waals surface area contributed by atoms with E-state index >= 15 is 0 Å². The van der Waals surface area contributed by atoms with Gasteiger partial charge in [0.1, 0.15) is 16.7 Å². The molecule has 0 unspecified atom stereocenters. The van der Waals surface area contributed by atoms with Crippen molar-refractivity contribution in [1.29, 1.82) is 5.26 Å². The number of ether oxygens (including phenoxy) is 1. The highest BCUT2D eigenvalue weighted by atomic mass is 35.5. The van der Waals surface area contributed by atoms with Gasteiger partial charge in [0.25, 0.3) is 0 Å². The summed E-state index contributed by atoms with van der Waals surface area (Å²) in [6.45, 7) is 0. The van der Waals surface area contributed by atoms with Crippen LogP contribution in [0, 0.1) is 11.3 Å². The summed E-state index contributed by atoms with van der Waals surface area (Å²) in [5, 5.41) is 9.49. The largest absolute Gasteiger partial charge is 0.497 e. The molecule has 0 saturated heterocycles. The van der Waals surface area contributed by atoms with E-state index in [-0.39, 0.29) is 9.92 Å². The van der Waals surface area contributed by atoms with Crippen LogP contribution in [0.5, 0.6) is 5.75 Å². The van der Waals surface area contributed by atoms with Crippen molar-refractivity contribution in [1.82, 2.24) is 0 Å². The van der Waals surface area contributed by atoms with E-state index in [4.69, 9.17) is 27.9 Å². The summed E-state index contributed by atoms with van der Waals surface area (Å²) in [7, 11) is -2.46. The smallest absolute Gasteiger partial charge is 0.218 e. The topological polar surface area (TPSA) is 67.2 Å². The Balaban J connectivity index is 2.32. The number of allylic oxidation sites excluding steroid dienone is 3. The third-order valence-corrected chi connectivity index (χ3v) is 5.64. The van der Waals surface area contributed by atoms with Gasteiger partial charge in [0.2, 0.25) is 9.84 Å². The Kier molecular flexibility index (Phi) is 6.27. The summed E-state index contributed by atoms with van der Waals surface area (Å²) < 4.78 is 30.2. The third-order valence-electron chi connectivity index (χ3n) is 3.24. The predicted octanol–water partition coefficient (Wildman–Crippen LogP) is 4.90. The number of rotatable bonds is 5. The Labute approximate surface area is 156 Å². The van der Waals surface area contributed by atoms with Gasteiger partial charge in [0.15, 0.2) is 0 Å². The maximum absolute atomic E-state index is 12.6. The standard InChI is InChI=1S/C18H13Cl2NO3S/c1-24-15-8-5-13(6-9-15)3-2-4-16(12-21)25(22,23)18-10-7-14(19)11-17(18)20/h2-11H,1H3. The maximum Gasteiger partial charge on any atom is 0.218 e.